The van der Waals surface area contributed by atoms with Crippen LogP contribution in [0.3, 0.4) is 0 Å². The minimum Gasteiger partial charge on any atom is -0.748 e. The number of methoxy groups -OCH3 is 3. The normalized spacial score (nSPS) is 10.8. The summed E-state index contributed by atoms with van der Waals surface area (Å²) in [5.74, 6) is 2.26. The van der Waals surface area contributed by atoms with E-state index in [2.05, 4.69) is 36.4 Å². The van der Waals surface area contributed by atoms with Gasteiger partial charge in [-0.05, 0) is 72.8 Å². The van der Waals surface area contributed by atoms with Gasteiger partial charge in [0.15, 0.2) is 14.7 Å². The molecular weight excluding hydrogens is 436 g/mol. The van der Waals surface area contributed by atoms with Crippen LogP contribution in [0.2, 0.25) is 0 Å². The molecule has 0 fully saturated rings. The lowest BCUT2D eigenvalue weighted by molar-refractivity contribution is 0.414. The summed E-state index contributed by atoms with van der Waals surface area (Å²) in [5.41, 5.74) is 0. The number of hydrogen-bond acceptors (Lipinski definition) is 6. The fourth-order valence-electron chi connectivity index (χ4n) is 2.54. The Hall–Kier alpha value is -2.68. The summed E-state index contributed by atoms with van der Waals surface area (Å²) < 4.78 is 44.2. The van der Waals surface area contributed by atoms with E-state index in [9.17, 15) is 13.0 Å². The van der Waals surface area contributed by atoms with Crippen LogP contribution in [0.1, 0.15) is 6.92 Å². The van der Waals surface area contributed by atoms with Gasteiger partial charge in [-0.3, -0.25) is 0 Å². The maximum Gasteiger partial charge on any atom is 0.166 e. The third kappa shape index (κ3) is 7.50. The zero-order valence-electron chi connectivity index (χ0n) is 17.9. The van der Waals surface area contributed by atoms with Crippen LogP contribution in [0.5, 0.6) is 17.2 Å². The molecule has 0 spiro atoms. The smallest absolute Gasteiger partial charge is 0.166 e. The predicted molar refractivity (Wildman–Crippen MR) is 121 cm³/mol. The molecule has 0 atom stereocenters. The predicted octanol–water partition coefficient (Wildman–Crippen LogP) is 4.36. The second kappa shape index (κ2) is 11.6. The summed E-state index contributed by atoms with van der Waals surface area (Å²) in [6.45, 7) is 1.31. The molecule has 6 nitrogen and oxygen atoms in total. The molecule has 0 N–H and O–H groups in total. The van der Waals surface area contributed by atoms with Gasteiger partial charge in [-0.1, -0.05) is 6.92 Å². The SMILES string of the molecule is CCS(=O)(=O)[O-].COc1ccc([S+](c2ccc(OC)cc2)c2ccc(OC)cc2)cc1. The molecule has 0 radical (unpaired) electrons. The minimum absolute atomic E-state index is 0.212. The van der Waals surface area contributed by atoms with Crippen LogP contribution in [0.4, 0.5) is 0 Å². The van der Waals surface area contributed by atoms with Crippen molar-refractivity contribution in [3.8, 4) is 17.2 Å². The first kappa shape index (κ1) is 24.6. The summed E-state index contributed by atoms with van der Waals surface area (Å²) >= 11 is 0. The molecule has 31 heavy (non-hydrogen) atoms. The first-order valence-corrected chi connectivity index (χ1v) is 12.2. The van der Waals surface area contributed by atoms with Crippen molar-refractivity contribution in [1.29, 1.82) is 0 Å². The molecule has 0 amide bonds. The molecule has 0 bridgehead atoms. The average Bonchev–Trinajstić information content (AvgIpc) is 2.80. The summed E-state index contributed by atoms with van der Waals surface area (Å²) in [5, 5.41) is 0. The van der Waals surface area contributed by atoms with Crippen molar-refractivity contribution >= 4 is 21.0 Å². The van der Waals surface area contributed by atoms with Crippen molar-refractivity contribution < 1.29 is 27.2 Å². The highest BCUT2D eigenvalue weighted by Gasteiger charge is 2.28. The Kier molecular flexibility index (Phi) is 9.23. The van der Waals surface area contributed by atoms with Gasteiger partial charge in [0.1, 0.15) is 17.2 Å². The fourth-order valence-corrected chi connectivity index (χ4v) is 4.58. The molecule has 0 unspecified atom stereocenters. The molecule has 0 aromatic heterocycles. The molecule has 166 valence electrons. The van der Waals surface area contributed by atoms with Gasteiger partial charge >= 0.3 is 0 Å². The van der Waals surface area contributed by atoms with Crippen molar-refractivity contribution in [3.05, 3.63) is 72.8 Å². The highest BCUT2D eigenvalue weighted by atomic mass is 32.2. The zero-order chi connectivity index (χ0) is 22.9. The van der Waals surface area contributed by atoms with Crippen molar-refractivity contribution in [1.82, 2.24) is 0 Å². The quantitative estimate of drug-likeness (QED) is 0.383. The summed E-state index contributed by atoms with van der Waals surface area (Å²) in [7, 11) is 0.923. The average molecular weight is 463 g/mol. The third-order valence-electron chi connectivity index (χ3n) is 4.24. The monoisotopic (exact) mass is 462 g/mol. The number of benzene rings is 3. The van der Waals surface area contributed by atoms with Crippen molar-refractivity contribution in [2.75, 3.05) is 27.1 Å². The van der Waals surface area contributed by atoms with E-state index in [-0.39, 0.29) is 16.6 Å². The Bertz CT molecular complexity index is 918. The molecule has 3 aromatic carbocycles. The van der Waals surface area contributed by atoms with Crippen LogP contribution >= 0.6 is 0 Å². The maximum atomic E-state index is 9.44. The van der Waals surface area contributed by atoms with E-state index in [0.717, 1.165) is 17.2 Å². The summed E-state index contributed by atoms with van der Waals surface area (Å²) in [4.78, 5) is 3.70. The Morgan fingerprint density at radius 3 is 1.03 bits per heavy atom. The topological polar surface area (TPSA) is 84.9 Å². The molecule has 0 heterocycles. The molecule has 0 aliphatic rings. The number of ether oxygens (including phenoxy) is 3. The molecule has 3 aromatic rings. The Morgan fingerprint density at radius 2 is 0.871 bits per heavy atom. The van der Waals surface area contributed by atoms with Crippen molar-refractivity contribution in [2.45, 2.75) is 21.6 Å². The van der Waals surface area contributed by atoms with Gasteiger partial charge in [0, 0.05) is 5.75 Å². The van der Waals surface area contributed by atoms with E-state index < -0.39 is 10.1 Å². The van der Waals surface area contributed by atoms with Gasteiger partial charge in [-0.25, -0.2) is 8.42 Å². The van der Waals surface area contributed by atoms with Crippen molar-refractivity contribution in [2.24, 2.45) is 0 Å². The Morgan fingerprint density at radius 1 is 0.645 bits per heavy atom. The molecule has 0 saturated carbocycles. The van der Waals surface area contributed by atoms with E-state index in [1.807, 2.05) is 36.4 Å². The van der Waals surface area contributed by atoms with Gasteiger partial charge in [0.05, 0.1) is 42.3 Å². The minimum atomic E-state index is -3.91. The summed E-state index contributed by atoms with van der Waals surface area (Å²) in [6, 6.07) is 24.7. The standard InChI is InChI=1S/C21H21O3S.C2H6O3S/c1-22-16-4-10-19(11-5-16)25(20-12-6-17(23-2)7-13-20)21-14-8-18(24-3)9-15-21;1-2-6(3,4)5/h4-15H,1-3H3;2H2,1H3,(H,3,4,5)/q+1;/p-1. The van der Waals surface area contributed by atoms with Crippen molar-refractivity contribution in [3.63, 3.8) is 0 Å². The maximum absolute atomic E-state index is 9.44. The van der Waals surface area contributed by atoms with Gasteiger partial charge < -0.3 is 18.8 Å². The first-order valence-electron chi connectivity index (χ1n) is 9.41. The van der Waals surface area contributed by atoms with Crippen LogP contribution in [0.25, 0.3) is 0 Å². The van der Waals surface area contributed by atoms with E-state index in [4.69, 9.17) is 14.2 Å². The molecular formula is C23H26O6S2. The lowest BCUT2D eigenvalue weighted by Gasteiger charge is -2.10. The van der Waals surface area contributed by atoms with Gasteiger partial charge in [-0.15, -0.1) is 0 Å². The van der Waals surface area contributed by atoms with E-state index in [0.29, 0.717) is 0 Å². The molecule has 3 rings (SSSR count). The molecule has 0 saturated heterocycles. The number of hydrogen-bond donors (Lipinski definition) is 0. The molecule has 8 heteroatoms. The van der Waals surface area contributed by atoms with Gasteiger partial charge in [-0.2, -0.15) is 0 Å². The van der Waals surface area contributed by atoms with E-state index in [1.54, 1.807) is 21.3 Å². The highest BCUT2D eigenvalue weighted by molar-refractivity contribution is 7.97. The Balaban J connectivity index is 0.000000501. The Labute approximate surface area is 186 Å². The lowest BCUT2D eigenvalue weighted by atomic mass is 10.3. The largest absolute Gasteiger partial charge is 0.748 e. The zero-order valence-corrected chi connectivity index (χ0v) is 19.5. The van der Waals surface area contributed by atoms with E-state index in [1.165, 1.54) is 21.6 Å². The van der Waals surface area contributed by atoms with Crippen LogP contribution in [0.15, 0.2) is 87.5 Å². The third-order valence-corrected chi connectivity index (χ3v) is 7.18. The van der Waals surface area contributed by atoms with Crippen LogP contribution in [0, 0.1) is 0 Å². The van der Waals surface area contributed by atoms with Crippen LogP contribution in [-0.4, -0.2) is 40.1 Å². The van der Waals surface area contributed by atoms with Crippen LogP contribution < -0.4 is 14.2 Å². The van der Waals surface area contributed by atoms with E-state index >= 15 is 0 Å². The van der Waals surface area contributed by atoms with Gasteiger partial charge in [0.25, 0.3) is 0 Å². The first-order chi connectivity index (χ1) is 14.8. The van der Waals surface area contributed by atoms with Crippen LogP contribution in [-0.2, 0) is 21.0 Å². The second-order valence-electron chi connectivity index (χ2n) is 6.18. The highest BCUT2D eigenvalue weighted by Crippen LogP contribution is 2.33. The molecule has 0 aliphatic heterocycles. The fraction of sp³-hybridized carbons (Fsp3) is 0.217. The molecule has 0 aliphatic carbocycles. The lowest BCUT2D eigenvalue weighted by Crippen LogP contribution is -2.05. The second-order valence-corrected chi connectivity index (χ2v) is 9.90. The van der Waals surface area contributed by atoms with Gasteiger partial charge in [0.2, 0.25) is 0 Å². The number of rotatable bonds is 7. The summed E-state index contributed by atoms with van der Waals surface area (Å²) in [6.07, 6.45) is 0.